The fourth-order valence-electron chi connectivity index (χ4n) is 2.36. The predicted molar refractivity (Wildman–Crippen MR) is 79.7 cm³/mol. The number of nitrogens with zero attached hydrogens (tertiary/aromatic N) is 4. The van der Waals surface area contributed by atoms with Crippen molar-refractivity contribution in [2.45, 2.75) is 45.7 Å². The summed E-state index contributed by atoms with van der Waals surface area (Å²) in [6.45, 7) is 8.20. The first-order valence-corrected chi connectivity index (χ1v) is 7.06. The molecule has 1 aromatic rings. The Kier molecular flexibility index (Phi) is 4.24. The average Bonchev–Trinajstić information content (AvgIpc) is 2.37. The van der Waals surface area contributed by atoms with Crippen molar-refractivity contribution < 1.29 is 0 Å². The van der Waals surface area contributed by atoms with E-state index in [0.29, 0.717) is 6.04 Å². The number of aromatic nitrogens is 2. The lowest BCUT2D eigenvalue weighted by Gasteiger charge is -2.32. The van der Waals surface area contributed by atoms with Gasteiger partial charge in [-0.15, -0.1) is 0 Å². The number of nitrogens with two attached hydrogens (primary N) is 1. The van der Waals surface area contributed by atoms with Crippen LogP contribution in [0.5, 0.6) is 0 Å². The van der Waals surface area contributed by atoms with Crippen LogP contribution in [0.3, 0.4) is 0 Å². The Labute approximate surface area is 115 Å². The van der Waals surface area contributed by atoms with E-state index >= 15 is 0 Å². The highest BCUT2D eigenvalue weighted by atomic mass is 15.2. The molecule has 0 saturated carbocycles. The van der Waals surface area contributed by atoms with Crippen molar-refractivity contribution >= 4 is 11.6 Å². The standard InChI is InChI=1S/C14H25N5/c1-10(2)18(4)13-8-14(17-11(3)16-13)19-7-5-6-12(15)9-19/h8,10,12H,5-7,9,15H2,1-4H3. The second-order valence-electron chi connectivity index (χ2n) is 5.68. The summed E-state index contributed by atoms with van der Waals surface area (Å²) in [6, 6.07) is 2.76. The van der Waals surface area contributed by atoms with E-state index in [9.17, 15) is 0 Å². The van der Waals surface area contributed by atoms with Gasteiger partial charge in [-0.25, -0.2) is 9.97 Å². The molecule has 1 aromatic heterocycles. The van der Waals surface area contributed by atoms with Crippen LogP contribution in [-0.4, -0.2) is 42.2 Å². The zero-order valence-electron chi connectivity index (χ0n) is 12.4. The maximum absolute atomic E-state index is 6.05. The van der Waals surface area contributed by atoms with Gasteiger partial charge in [0.25, 0.3) is 0 Å². The number of piperidine rings is 1. The quantitative estimate of drug-likeness (QED) is 0.897. The predicted octanol–water partition coefficient (Wildman–Crippen LogP) is 1.56. The topological polar surface area (TPSA) is 58.3 Å². The number of anilines is 2. The van der Waals surface area contributed by atoms with E-state index in [4.69, 9.17) is 5.73 Å². The lowest BCUT2D eigenvalue weighted by Crippen LogP contribution is -2.43. The van der Waals surface area contributed by atoms with Crippen molar-refractivity contribution in [3.63, 3.8) is 0 Å². The zero-order chi connectivity index (χ0) is 14.0. The molecule has 5 nitrogen and oxygen atoms in total. The summed E-state index contributed by atoms with van der Waals surface area (Å²) in [4.78, 5) is 13.5. The largest absolute Gasteiger partial charge is 0.357 e. The Bertz CT molecular complexity index is 432. The van der Waals surface area contributed by atoms with Gasteiger partial charge in [0, 0.05) is 38.3 Å². The summed E-state index contributed by atoms with van der Waals surface area (Å²) >= 11 is 0. The molecule has 5 heteroatoms. The summed E-state index contributed by atoms with van der Waals surface area (Å²) in [6.07, 6.45) is 2.25. The van der Waals surface area contributed by atoms with Gasteiger partial charge in [-0.05, 0) is 33.6 Å². The molecule has 1 fully saturated rings. The second-order valence-corrected chi connectivity index (χ2v) is 5.68. The minimum Gasteiger partial charge on any atom is -0.357 e. The van der Waals surface area contributed by atoms with Crippen molar-refractivity contribution in [3.8, 4) is 0 Å². The zero-order valence-corrected chi connectivity index (χ0v) is 12.4. The molecule has 1 aliphatic rings. The van der Waals surface area contributed by atoms with Crippen LogP contribution in [-0.2, 0) is 0 Å². The third-order valence-electron chi connectivity index (χ3n) is 3.73. The van der Waals surface area contributed by atoms with Crippen molar-refractivity contribution in [2.24, 2.45) is 5.73 Å². The highest BCUT2D eigenvalue weighted by Crippen LogP contribution is 2.22. The van der Waals surface area contributed by atoms with E-state index in [2.05, 4.69) is 46.7 Å². The van der Waals surface area contributed by atoms with E-state index in [0.717, 1.165) is 43.4 Å². The van der Waals surface area contributed by atoms with Gasteiger partial charge < -0.3 is 15.5 Å². The van der Waals surface area contributed by atoms with Crippen molar-refractivity contribution in [1.29, 1.82) is 0 Å². The summed E-state index contributed by atoms with van der Waals surface area (Å²) in [5, 5.41) is 0. The molecule has 2 N–H and O–H groups in total. The first kappa shape index (κ1) is 14.1. The molecule has 0 radical (unpaired) electrons. The van der Waals surface area contributed by atoms with Gasteiger partial charge in [-0.3, -0.25) is 0 Å². The molecule has 1 atom stereocenters. The van der Waals surface area contributed by atoms with Gasteiger partial charge in [0.15, 0.2) is 0 Å². The molecule has 0 bridgehead atoms. The Morgan fingerprint density at radius 2 is 2.16 bits per heavy atom. The van der Waals surface area contributed by atoms with Gasteiger partial charge in [0.1, 0.15) is 17.5 Å². The first-order valence-electron chi connectivity index (χ1n) is 7.06. The van der Waals surface area contributed by atoms with Crippen LogP contribution >= 0.6 is 0 Å². The average molecular weight is 263 g/mol. The lowest BCUT2D eigenvalue weighted by atomic mass is 10.1. The van der Waals surface area contributed by atoms with E-state index < -0.39 is 0 Å². The van der Waals surface area contributed by atoms with Gasteiger partial charge in [0.05, 0.1) is 0 Å². The van der Waals surface area contributed by atoms with Crippen LogP contribution in [0.4, 0.5) is 11.6 Å². The minimum atomic E-state index is 0.260. The highest BCUT2D eigenvalue weighted by Gasteiger charge is 2.19. The van der Waals surface area contributed by atoms with E-state index in [-0.39, 0.29) is 6.04 Å². The number of rotatable bonds is 3. The molecule has 1 saturated heterocycles. The van der Waals surface area contributed by atoms with Crippen LogP contribution in [0.25, 0.3) is 0 Å². The molecular formula is C14H25N5. The first-order chi connectivity index (χ1) is 8.97. The molecule has 0 aliphatic carbocycles. The van der Waals surface area contributed by atoms with Gasteiger partial charge in [-0.1, -0.05) is 0 Å². The Hall–Kier alpha value is -1.36. The Morgan fingerprint density at radius 3 is 2.79 bits per heavy atom. The molecule has 106 valence electrons. The normalized spacial score (nSPS) is 19.9. The molecule has 0 amide bonds. The summed E-state index contributed by atoms with van der Waals surface area (Å²) < 4.78 is 0. The second kappa shape index (κ2) is 5.74. The number of aryl methyl sites for hydroxylation is 1. The molecule has 2 rings (SSSR count). The maximum atomic E-state index is 6.05. The third kappa shape index (κ3) is 3.35. The molecule has 1 aliphatic heterocycles. The van der Waals surface area contributed by atoms with Crippen molar-refractivity contribution in [1.82, 2.24) is 9.97 Å². The molecular weight excluding hydrogens is 238 g/mol. The molecule has 0 aromatic carbocycles. The van der Waals surface area contributed by atoms with E-state index in [1.54, 1.807) is 0 Å². The molecule has 19 heavy (non-hydrogen) atoms. The highest BCUT2D eigenvalue weighted by molar-refractivity contribution is 5.51. The van der Waals surface area contributed by atoms with Crippen LogP contribution in [0.15, 0.2) is 6.07 Å². The fourth-order valence-corrected chi connectivity index (χ4v) is 2.36. The fraction of sp³-hybridized carbons (Fsp3) is 0.714. The summed E-state index contributed by atoms with van der Waals surface area (Å²) in [7, 11) is 2.07. The summed E-state index contributed by atoms with van der Waals surface area (Å²) in [5.74, 6) is 2.81. The van der Waals surface area contributed by atoms with E-state index in [1.165, 1.54) is 0 Å². The van der Waals surface area contributed by atoms with Gasteiger partial charge in [-0.2, -0.15) is 0 Å². The van der Waals surface area contributed by atoms with Crippen LogP contribution in [0.2, 0.25) is 0 Å². The molecule has 1 unspecified atom stereocenters. The third-order valence-corrected chi connectivity index (χ3v) is 3.73. The van der Waals surface area contributed by atoms with Crippen molar-refractivity contribution in [3.05, 3.63) is 11.9 Å². The van der Waals surface area contributed by atoms with Crippen LogP contribution in [0, 0.1) is 6.92 Å². The molecule has 2 heterocycles. The molecule has 0 spiro atoms. The van der Waals surface area contributed by atoms with E-state index in [1.807, 2.05) is 6.92 Å². The lowest BCUT2D eigenvalue weighted by molar-refractivity contribution is 0.502. The van der Waals surface area contributed by atoms with Crippen LogP contribution < -0.4 is 15.5 Å². The smallest absolute Gasteiger partial charge is 0.134 e. The van der Waals surface area contributed by atoms with Gasteiger partial charge in [0.2, 0.25) is 0 Å². The van der Waals surface area contributed by atoms with Crippen LogP contribution in [0.1, 0.15) is 32.5 Å². The monoisotopic (exact) mass is 263 g/mol. The minimum absolute atomic E-state index is 0.260. The number of hydrogen-bond donors (Lipinski definition) is 1. The van der Waals surface area contributed by atoms with Crippen molar-refractivity contribution in [2.75, 3.05) is 29.9 Å². The Balaban J connectivity index is 2.25. The SMILES string of the molecule is Cc1nc(N2CCCC(N)C2)cc(N(C)C(C)C)n1. The number of hydrogen-bond acceptors (Lipinski definition) is 5. The van der Waals surface area contributed by atoms with Gasteiger partial charge >= 0.3 is 0 Å². The Morgan fingerprint density at radius 1 is 1.42 bits per heavy atom. The maximum Gasteiger partial charge on any atom is 0.134 e. The summed E-state index contributed by atoms with van der Waals surface area (Å²) in [5.41, 5.74) is 6.05.